The molecule has 6 heteroatoms. The van der Waals surface area contributed by atoms with Crippen molar-refractivity contribution in [2.75, 3.05) is 5.23 Å². The molecule has 0 atom stereocenters. The van der Waals surface area contributed by atoms with Gasteiger partial charge in [0.05, 0.1) is 11.3 Å². The van der Waals surface area contributed by atoms with Crippen LogP contribution in [-0.2, 0) is 6.54 Å². The number of nitrogens with zero attached hydrogens (tertiary/aromatic N) is 1. The Kier molecular flexibility index (Phi) is 4.29. The minimum Gasteiger partial charge on any atom is -0.348 e. The number of carbonyl (C=O) groups excluding carboxylic acids is 1. The van der Waals surface area contributed by atoms with E-state index in [9.17, 15) is 9.18 Å². The normalized spacial score (nSPS) is 10.2. The van der Waals surface area contributed by atoms with Crippen LogP contribution in [0.2, 0.25) is 0 Å². The molecule has 0 aliphatic heterocycles. The second-order valence-electron chi connectivity index (χ2n) is 4.12. The maximum atomic E-state index is 13.7. The van der Waals surface area contributed by atoms with Crippen LogP contribution in [0.5, 0.6) is 0 Å². The fourth-order valence-electron chi connectivity index (χ4n) is 1.69. The summed E-state index contributed by atoms with van der Waals surface area (Å²) < 4.78 is 13.7. The lowest BCUT2D eigenvalue weighted by atomic mass is 10.1. The van der Waals surface area contributed by atoms with Crippen LogP contribution in [0.4, 0.5) is 10.1 Å². The number of benzene rings is 2. The zero-order valence-corrected chi connectivity index (χ0v) is 10.5. The van der Waals surface area contributed by atoms with E-state index in [1.165, 1.54) is 12.1 Å². The second-order valence-corrected chi connectivity index (χ2v) is 4.12. The van der Waals surface area contributed by atoms with Gasteiger partial charge in [-0.15, -0.1) is 5.23 Å². The molecule has 20 heavy (non-hydrogen) atoms. The largest absolute Gasteiger partial charge is 0.348 e. The summed E-state index contributed by atoms with van der Waals surface area (Å²) in [4.78, 5) is 11.8. The maximum Gasteiger partial charge on any atom is 0.254 e. The van der Waals surface area contributed by atoms with Crippen LogP contribution in [-0.4, -0.2) is 16.3 Å². The summed E-state index contributed by atoms with van der Waals surface area (Å²) in [6.45, 7) is 0.285. The molecule has 0 fully saturated rings. The van der Waals surface area contributed by atoms with Crippen molar-refractivity contribution in [1.82, 2.24) is 5.32 Å². The zero-order valence-electron chi connectivity index (χ0n) is 10.5. The molecule has 0 saturated carbocycles. The summed E-state index contributed by atoms with van der Waals surface area (Å²) in [5.41, 5.74) is 0.573. The minimum absolute atomic E-state index is 0.161. The van der Waals surface area contributed by atoms with Crippen molar-refractivity contribution >= 4 is 11.6 Å². The number of nitrogens with one attached hydrogen (secondary N) is 1. The van der Waals surface area contributed by atoms with E-state index in [4.69, 9.17) is 10.4 Å². The van der Waals surface area contributed by atoms with Crippen LogP contribution in [0.15, 0.2) is 48.5 Å². The lowest BCUT2D eigenvalue weighted by Gasteiger charge is -2.10. The number of halogens is 1. The van der Waals surface area contributed by atoms with Gasteiger partial charge in [0, 0.05) is 12.6 Å². The van der Waals surface area contributed by atoms with Crippen LogP contribution in [0.25, 0.3) is 0 Å². The lowest BCUT2D eigenvalue weighted by Crippen LogP contribution is -2.24. The Morgan fingerprint density at radius 3 is 2.45 bits per heavy atom. The number of amides is 1. The molecule has 2 rings (SSSR count). The SMILES string of the molecule is O=C(NCc1ccccc1)c1ccc(N(O)O)cc1F. The molecular weight excluding hydrogens is 263 g/mol. The van der Waals surface area contributed by atoms with Crippen molar-refractivity contribution < 1.29 is 19.6 Å². The first kappa shape index (κ1) is 14.0. The molecule has 5 nitrogen and oxygen atoms in total. The molecule has 0 aromatic heterocycles. The van der Waals surface area contributed by atoms with Gasteiger partial charge in [0.1, 0.15) is 5.82 Å². The Hall–Kier alpha value is -2.44. The minimum atomic E-state index is -0.832. The summed E-state index contributed by atoms with van der Waals surface area (Å²) in [6, 6.07) is 12.5. The highest BCUT2D eigenvalue weighted by Gasteiger charge is 2.13. The monoisotopic (exact) mass is 276 g/mol. The van der Waals surface area contributed by atoms with E-state index in [0.717, 1.165) is 11.6 Å². The molecule has 0 spiro atoms. The second kappa shape index (κ2) is 6.14. The lowest BCUT2D eigenvalue weighted by molar-refractivity contribution is 0.0289. The predicted octanol–water partition coefficient (Wildman–Crippen LogP) is 2.34. The van der Waals surface area contributed by atoms with Gasteiger partial charge in [-0.25, -0.2) is 4.39 Å². The molecule has 2 aromatic rings. The first-order valence-electron chi connectivity index (χ1n) is 5.87. The van der Waals surface area contributed by atoms with Gasteiger partial charge in [0.25, 0.3) is 5.91 Å². The van der Waals surface area contributed by atoms with E-state index in [2.05, 4.69) is 5.32 Å². The number of hydrogen-bond donors (Lipinski definition) is 3. The van der Waals surface area contributed by atoms with Crippen LogP contribution in [0.1, 0.15) is 15.9 Å². The van der Waals surface area contributed by atoms with Gasteiger partial charge in [-0.05, 0) is 17.7 Å². The molecule has 0 heterocycles. The van der Waals surface area contributed by atoms with Gasteiger partial charge < -0.3 is 5.32 Å². The van der Waals surface area contributed by atoms with Crippen molar-refractivity contribution in [3.63, 3.8) is 0 Å². The molecule has 0 bridgehead atoms. The van der Waals surface area contributed by atoms with Gasteiger partial charge in [0.15, 0.2) is 0 Å². The highest BCUT2D eigenvalue weighted by molar-refractivity contribution is 5.94. The fraction of sp³-hybridized carbons (Fsp3) is 0.0714. The van der Waals surface area contributed by atoms with Crippen LogP contribution in [0.3, 0.4) is 0 Å². The summed E-state index contributed by atoms with van der Waals surface area (Å²) >= 11 is 0. The Labute approximate surface area is 114 Å². The van der Waals surface area contributed by atoms with Crippen molar-refractivity contribution in [1.29, 1.82) is 0 Å². The molecule has 0 aliphatic carbocycles. The topological polar surface area (TPSA) is 72.8 Å². The van der Waals surface area contributed by atoms with E-state index in [1.807, 2.05) is 30.3 Å². The van der Waals surface area contributed by atoms with Gasteiger partial charge in [0.2, 0.25) is 0 Å². The molecule has 0 aliphatic rings. The molecule has 2 aromatic carbocycles. The van der Waals surface area contributed by atoms with E-state index in [-0.39, 0.29) is 23.0 Å². The van der Waals surface area contributed by atoms with Crippen molar-refractivity contribution in [2.24, 2.45) is 0 Å². The number of rotatable bonds is 4. The summed E-state index contributed by atoms with van der Waals surface area (Å²) in [6.07, 6.45) is 0. The zero-order chi connectivity index (χ0) is 14.5. The molecule has 0 saturated heterocycles. The molecule has 0 unspecified atom stereocenters. The third-order valence-corrected chi connectivity index (χ3v) is 2.72. The third-order valence-electron chi connectivity index (χ3n) is 2.72. The van der Waals surface area contributed by atoms with Gasteiger partial charge in [-0.1, -0.05) is 30.3 Å². The predicted molar refractivity (Wildman–Crippen MR) is 70.1 cm³/mol. The number of anilines is 1. The first-order valence-corrected chi connectivity index (χ1v) is 5.87. The smallest absolute Gasteiger partial charge is 0.254 e. The van der Waals surface area contributed by atoms with E-state index in [1.54, 1.807) is 0 Å². The maximum absolute atomic E-state index is 13.7. The quantitative estimate of drug-likeness (QED) is 0.749. The van der Waals surface area contributed by atoms with Crippen molar-refractivity contribution in [2.45, 2.75) is 6.54 Å². The molecule has 0 radical (unpaired) electrons. The third kappa shape index (κ3) is 3.31. The first-order chi connectivity index (χ1) is 9.58. The van der Waals surface area contributed by atoms with Gasteiger partial charge in [-0.2, -0.15) is 0 Å². The number of carbonyl (C=O) groups is 1. The van der Waals surface area contributed by atoms with E-state index in [0.29, 0.717) is 0 Å². The average molecular weight is 276 g/mol. The summed E-state index contributed by atoms with van der Waals surface area (Å²) in [5.74, 6) is -1.40. The molecule has 3 N–H and O–H groups in total. The van der Waals surface area contributed by atoms with Crippen LogP contribution < -0.4 is 10.5 Å². The molecule has 1 amide bonds. The number of hydrogen-bond acceptors (Lipinski definition) is 4. The van der Waals surface area contributed by atoms with Crippen molar-refractivity contribution in [3.8, 4) is 0 Å². The Bertz CT molecular complexity index is 603. The fourth-order valence-corrected chi connectivity index (χ4v) is 1.69. The van der Waals surface area contributed by atoms with Crippen molar-refractivity contribution in [3.05, 3.63) is 65.5 Å². The Morgan fingerprint density at radius 1 is 1.15 bits per heavy atom. The van der Waals surface area contributed by atoms with E-state index >= 15 is 0 Å². The standard InChI is InChI=1S/C14H13FN2O3/c15-13-8-11(17(19)20)6-7-12(13)14(18)16-9-10-4-2-1-3-5-10/h1-8,19-20H,9H2,(H,16,18). The highest BCUT2D eigenvalue weighted by Crippen LogP contribution is 2.16. The van der Waals surface area contributed by atoms with Crippen LogP contribution >= 0.6 is 0 Å². The summed E-state index contributed by atoms with van der Waals surface area (Å²) in [7, 11) is 0. The Morgan fingerprint density at radius 2 is 1.85 bits per heavy atom. The van der Waals surface area contributed by atoms with Gasteiger partial charge >= 0.3 is 0 Å². The average Bonchev–Trinajstić information content (AvgIpc) is 2.45. The van der Waals surface area contributed by atoms with Crippen LogP contribution in [0, 0.1) is 5.82 Å². The molecular formula is C14H13FN2O3. The van der Waals surface area contributed by atoms with E-state index < -0.39 is 11.7 Å². The Balaban J connectivity index is 2.06. The van der Waals surface area contributed by atoms with Gasteiger partial charge in [-0.3, -0.25) is 15.2 Å². The highest BCUT2D eigenvalue weighted by atomic mass is 19.1. The molecule has 104 valence electrons. The summed E-state index contributed by atoms with van der Waals surface area (Å²) in [5, 5.41) is 19.9.